The smallest absolute Gasteiger partial charge is 0.255 e. The van der Waals surface area contributed by atoms with E-state index in [4.69, 9.17) is 10.2 Å². The maximum atomic E-state index is 11.7. The zero-order valence-electron chi connectivity index (χ0n) is 9.26. The Bertz CT molecular complexity index is 427. The van der Waals surface area contributed by atoms with Gasteiger partial charge in [-0.2, -0.15) is 0 Å². The zero-order chi connectivity index (χ0) is 12.4. The summed E-state index contributed by atoms with van der Waals surface area (Å²) in [4.78, 5) is 11.7. The van der Waals surface area contributed by atoms with E-state index in [-0.39, 0.29) is 29.1 Å². The summed E-state index contributed by atoms with van der Waals surface area (Å²) in [7, 11) is 0. The van der Waals surface area contributed by atoms with Crippen LogP contribution >= 0.6 is 0 Å². The lowest BCUT2D eigenvalue weighted by Gasteiger charge is -2.31. The van der Waals surface area contributed by atoms with Crippen LogP contribution in [-0.4, -0.2) is 33.9 Å². The van der Waals surface area contributed by atoms with Gasteiger partial charge in [0.15, 0.2) is 0 Å². The molecule has 92 valence electrons. The minimum Gasteiger partial charge on any atom is -0.508 e. The molecule has 0 unspecified atom stereocenters. The molecule has 4 N–H and O–H groups in total. The number of benzene rings is 1. The molecule has 2 rings (SSSR count). The molecule has 1 saturated carbocycles. The van der Waals surface area contributed by atoms with Crippen LogP contribution in [0.15, 0.2) is 18.2 Å². The molecule has 0 aromatic heterocycles. The Morgan fingerprint density at radius 2 is 2.06 bits per heavy atom. The number of hydrogen-bond acceptors (Lipinski definition) is 4. The highest BCUT2D eigenvalue weighted by atomic mass is 16.3. The highest BCUT2D eigenvalue weighted by Crippen LogP contribution is 2.27. The number of aromatic hydroxyl groups is 2. The Morgan fingerprint density at radius 3 is 2.65 bits per heavy atom. The van der Waals surface area contributed by atoms with Gasteiger partial charge in [0.25, 0.3) is 5.91 Å². The molecule has 1 amide bonds. The fraction of sp³-hybridized carbons (Fsp3) is 0.417. The first-order chi connectivity index (χ1) is 8.06. The van der Waals surface area contributed by atoms with Crippen LogP contribution in [0.3, 0.4) is 0 Å². The molecule has 1 fully saturated rings. The molecule has 0 radical (unpaired) electrons. The van der Waals surface area contributed by atoms with Crippen LogP contribution in [0.4, 0.5) is 0 Å². The number of rotatable bonds is 3. The molecule has 0 spiro atoms. The largest absolute Gasteiger partial charge is 0.508 e. The molecule has 1 aromatic carbocycles. The molecule has 5 heteroatoms. The van der Waals surface area contributed by atoms with Crippen molar-refractivity contribution in [3.05, 3.63) is 23.8 Å². The fourth-order valence-electron chi connectivity index (χ4n) is 1.91. The van der Waals surface area contributed by atoms with Gasteiger partial charge in [-0.25, -0.2) is 0 Å². The summed E-state index contributed by atoms with van der Waals surface area (Å²) in [6.07, 6.45) is 1.18. The van der Waals surface area contributed by atoms with Gasteiger partial charge in [-0.05, 0) is 30.9 Å². The van der Waals surface area contributed by atoms with Crippen molar-refractivity contribution in [2.45, 2.75) is 18.9 Å². The van der Waals surface area contributed by atoms with E-state index in [1.54, 1.807) is 0 Å². The van der Waals surface area contributed by atoms with E-state index in [0.717, 1.165) is 6.07 Å². The van der Waals surface area contributed by atoms with E-state index in [1.807, 2.05) is 0 Å². The van der Waals surface area contributed by atoms with Gasteiger partial charge in [-0.3, -0.25) is 4.79 Å². The van der Waals surface area contributed by atoms with E-state index in [0.29, 0.717) is 25.3 Å². The molecular weight excluding hydrogens is 222 g/mol. The Labute approximate surface area is 98.7 Å². The first-order valence-electron chi connectivity index (χ1n) is 5.54. The van der Waals surface area contributed by atoms with Crippen LogP contribution in [0.2, 0.25) is 0 Å². The number of carbonyl (C=O) groups is 1. The zero-order valence-corrected chi connectivity index (χ0v) is 9.26. The fourth-order valence-corrected chi connectivity index (χ4v) is 1.91. The van der Waals surface area contributed by atoms with Crippen LogP contribution in [0, 0.1) is 5.92 Å². The molecular formula is C12H15NO4. The molecule has 5 nitrogen and oxygen atoms in total. The number of amides is 1. The minimum absolute atomic E-state index is 0.0823. The molecule has 1 aliphatic carbocycles. The number of phenolic OH excluding ortho intramolecular Hbond substituents is 2. The van der Waals surface area contributed by atoms with Gasteiger partial charge in [-0.1, -0.05) is 0 Å². The quantitative estimate of drug-likeness (QED) is 0.619. The van der Waals surface area contributed by atoms with Gasteiger partial charge >= 0.3 is 0 Å². The monoisotopic (exact) mass is 237 g/mol. The number of carbonyl (C=O) groups excluding carboxylic acids is 1. The maximum Gasteiger partial charge on any atom is 0.255 e. The lowest BCUT2D eigenvalue weighted by molar-refractivity contribution is 0.0420. The second-order valence-corrected chi connectivity index (χ2v) is 4.40. The average Bonchev–Trinajstić information content (AvgIpc) is 2.22. The normalized spacial score (nSPS) is 22.9. The SMILES string of the molecule is O=C(NCC1CC(O)C1)c1ccc(O)cc1O. The van der Waals surface area contributed by atoms with Crippen LogP contribution in [-0.2, 0) is 0 Å². The van der Waals surface area contributed by atoms with E-state index in [9.17, 15) is 9.90 Å². The molecule has 0 aliphatic heterocycles. The van der Waals surface area contributed by atoms with Crippen LogP contribution in [0.25, 0.3) is 0 Å². The maximum absolute atomic E-state index is 11.7. The standard InChI is InChI=1S/C12H15NO4/c14-8-1-2-10(11(16)5-8)12(17)13-6-7-3-9(15)4-7/h1-2,5,7,9,14-16H,3-4,6H2,(H,13,17). The molecule has 0 bridgehead atoms. The molecule has 1 aliphatic rings. The summed E-state index contributed by atoms with van der Waals surface area (Å²) in [5, 5.41) is 30.4. The third-order valence-corrected chi connectivity index (χ3v) is 2.99. The lowest BCUT2D eigenvalue weighted by Crippen LogP contribution is -2.38. The predicted molar refractivity (Wildman–Crippen MR) is 60.8 cm³/mol. The van der Waals surface area contributed by atoms with E-state index in [2.05, 4.69) is 5.32 Å². The highest BCUT2D eigenvalue weighted by molar-refractivity contribution is 5.96. The van der Waals surface area contributed by atoms with Gasteiger partial charge in [-0.15, -0.1) is 0 Å². The Hall–Kier alpha value is -1.75. The van der Waals surface area contributed by atoms with Gasteiger partial charge in [0.1, 0.15) is 11.5 Å². The Morgan fingerprint density at radius 1 is 1.35 bits per heavy atom. The van der Waals surface area contributed by atoms with Gasteiger partial charge in [0.05, 0.1) is 11.7 Å². The molecule has 0 atom stereocenters. The van der Waals surface area contributed by atoms with Crippen molar-refractivity contribution in [3.63, 3.8) is 0 Å². The van der Waals surface area contributed by atoms with Gasteiger partial charge < -0.3 is 20.6 Å². The molecule has 17 heavy (non-hydrogen) atoms. The third-order valence-electron chi connectivity index (χ3n) is 2.99. The number of nitrogens with one attached hydrogen (secondary N) is 1. The first-order valence-corrected chi connectivity index (χ1v) is 5.54. The third kappa shape index (κ3) is 2.68. The van der Waals surface area contributed by atoms with Crippen molar-refractivity contribution >= 4 is 5.91 Å². The summed E-state index contributed by atoms with van der Waals surface area (Å²) in [5.41, 5.74) is 0.141. The van der Waals surface area contributed by atoms with E-state index >= 15 is 0 Å². The Balaban J connectivity index is 1.91. The van der Waals surface area contributed by atoms with Crippen molar-refractivity contribution in [2.24, 2.45) is 5.92 Å². The average molecular weight is 237 g/mol. The predicted octanol–water partition coefficient (Wildman–Crippen LogP) is 0.599. The van der Waals surface area contributed by atoms with Crippen molar-refractivity contribution < 1.29 is 20.1 Å². The topological polar surface area (TPSA) is 89.8 Å². The van der Waals surface area contributed by atoms with E-state index in [1.165, 1.54) is 12.1 Å². The second kappa shape index (κ2) is 4.63. The van der Waals surface area contributed by atoms with Crippen molar-refractivity contribution in [1.29, 1.82) is 0 Å². The summed E-state index contributed by atoms with van der Waals surface area (Å²) in [6, 6.07) is 3.85. The second-order valence-electron chi connectivity index (χ2n) is 4.40. The number of aliphatic hydroxyl groups is 1. The number of hydrogen-bond donors (Lipinski definition) is 4. The van der Waals surface area contributed by atoms with Gasteiger partial charge in [0.2, 0.25) is 0 Å². The van der Waals surface area contributed by atoms with Crippen molar-refractivity contribution in [1.82, 2.24) is 5.32 Å². The van der Waals surface area contributed by atoms with Crippen molar-refractivity contribution in [3.8, 4) is 11.5 Å². The molecule has 0 saturated heterocycles. The first kappa shape index (κ1) is 11.7. The lowest BCUT2D eigenvalue weighted by atomic mass is 9.82. The minimum atomic E-state index is -0.371. The number of phenols is 2. The number of aliphatic hydroxyl groups excluding tert-OH is 1. The van der Waals surface area contributed by atoms with Gasteiger partial charge in [0, 0.05) is 12.6 Å². The summed E-state index contributed by atoms with van der Waals surface area (Å²) >= 11 is 0. The van der Waals surface area contributed by atoms with Crippen molar-refractivity contribution in [2.75, 3.05) is 6.54 Å². The van der Waals surface area contributed by atoms with Crippen LogP contribution < -0.4 is 5.32 Å². The molecule has 1 aromatic rings. The van der Waals surface area contributed by atoms with E-state index < -0.39 is 0 Å². The molecule has 0 heterocycles. The van der Waals surface area contributed by atoms with Crippen LogP contribution in [0.5, 0.6) is 11.5 Å². The summed E-state index contributed by atoms with van der Waals surface area (Å²) < 4.78 is 0. The summed E-state index contributed by atoms with van der Waals surface area (Å²) in [6.45, 7) is 0.496. The Kier molecular flexibility index (Phi) is 3.19. The van der Waals surface area contributed by atoms with Crippen LogP contribution in [0.1, 0.15) is 23.2 Å². The summed E-state index contributed by atoms with van der Waals surface area (Å²) in [5.74, 6) is -0.380. The highest BCUT2D eigenvalue weighted by Gasteiger charge is 2.27.